The molecule has 0 radical (unpaired) electrons. The van der Waals surface area contributed by atoms with Crippen LogP contribution in [0.5, 0.6) is 11.5 Å². The summed E-state index contributed by atoms with van der Waals surface area (Å²) in [6.45, 7) is 9.86. The predicted octanol–water partition coefficient (Wildman–Crippen LogP) is 5.50. The Morgan fingerprint density at radius 2 is 1.65 bits per heavy atom. The number of anilines is 4. The maximum Gasteiger partial charge on any atom is 0.241 e. The first-order valence-corrected chi connectivity index (χ1v) is 23.2. The van der Waals surface area contributed by atoms with Crippen LogP contribution in [-0.2, 0) is 55.4 Å². The molecule has 7 rings (SSSR count). The number of fused-ring (bicyclic) bond motifs is 1. The molecule has 3 heterocycles. The van der Waals surface area contributed by atoms with Crippen LogP contribution in [0.1, 0.15) is 67.9 Å². The molecule has 17 nitrogen and oxygen atoms in total. The van der Waals surface area contributed by atoms with Gasteiger partial charge in [-0.3, -0.25) is 24.5 Å². The number of amides is 4. The number of carbonyl (C=O) groups is 4. The van der Waals surface area contributed by atoms with E-state index in [0.717, 1.165) is 33.5 Å². The Labute approximate surface area is 384 Å². The Hall–Kier alpha value is -6.89. The van der Waals surface area contributed by atoms with E-state index >= 15 is 0 Å². The number of sulfonamides is 1. The van der Waals surface area contributed by atoms with Gasteiger partial charge in [0.1, 0.15) is 29.8 Å². The molecule has 6 N–H and O–H groups in total. The highest BCUT2D eigenvalue weighted by molar-refractivity contribution is 7.89. The number of benzene rings is 4. The van der Waals surface area contributed by atoms with Crippen molar-refractivity contribution in [2.45, 2.75) is 83.6 Å². The minimum Gasteiger partial charge on any atom is -0.494 e. The van der Waals surface area contributed by atoms with E-state index in [2.05, 4.69) is 41.3 Å². The second kappa shape index (κ2) is 21.0. The molecule has 0 spiro atoms. The second-order valence-electron chi connectivity index (χ2n) is 17.2. The zero-order chi connectivity index (χ0) is 46.8. The molecule has 0 bridgehead atoms. The second-order valence-corrected chi connectivity index (χ2v) is 18.9. The average molecular weight is 918 g/mol. The van der Waals surface area contributed by atoms with Crippen LogP contribution in [0.25, 0.3) is 0 Å². The van der Waals surface area contributed by atoms with E-state index in [4.69, 9.17) is 9.47 Å². The number of hydrogen-bond donors (Lipinski definition) is 6. The first-order valence-electron chi connectivity index (χ1n) is 21.7. The normalized spacial score (nSPS) is 14.8. The summed E-state index contributed by atoms with van der Waals surface area (Å²) in [7, 11) is -3.71. The topological polar surface area (TPSA) is 222 Å². The molecule has 1 saturated heterocycles. The maximum absolute atomic E-state index is 13.1. The lowest BCUT2D eigenvalue weighted by molar-refractivity contribution is -0.146. The third-order valence-corrected chi connectivity index (χ3v) is 12.4. The standard InChI is InChI=1S/C48H55N9O8S/c1-31-25-51-47(55-44(31)52-36-9-6-10-38(24-36)66(62,63)56-48(2,3)4)53-35-16-18-37(19-17-35)64-23-7-22-49-27-43(59)50-26-32-12-14-33(15-13-32)30-65-41-11-5-8-34-28-57(29-40(34)41)46(61)39-20-21-42(58)54-45(39)60/h5-6,8-19,24-25,39,49,56H,7,20-23,26-30H2,1-4H3,(H,50,59)(H,54,58,60)(H2,51,52,53,55)/t39-/m0/s1. The molecule has 0 aliphatic carbocycles. The van der Waals surface area contributed by atoms with E-state index in [9.17, 15) is 27.6 Å². The van der Waals surface area contributed by atoms with Gasteiger partial charge < -0.3 is 35.6 Å². The summed E-state index contributed by atoms with van der Waals surface area (Å²) < 4.78 is 40.5. The quantitative estimate of drug-likeness (QED) is 0.0343. The van der Waals surface area contributed by atoms with E-state index in [0.29, 0.717) is 74.8 Å². The lowest BCUT2D eigenvalue weighted by Crippen LogP contribution is -2.47. The molecule has 346 valence electrons. The van der Waals surface area contributed by atoms with Gasteiger partial charge in [-0.05, 0) is 112 Å². The van der Waals surface area contributed by atoms with Gasteiger partial charge in [-0.2, -0.15) is 4.98 Å². The smallest absolute Gasteiger partial charge is 0.241 e. The van der Waals surface area contributed by atoms with Crippen molar-refractivity contribution in [3.05, 3.63) is 125 Å². The van der Waals surface area contributed by atoms with Gasteiger partial charge in [0, 0.05) is 53.7 Å². The van der Waals surface area contributed by atoms with Crippen LogP contribution in [-0.4, -0.2) is 72.1 Å². The number of nitrogens with one attached hydrogen (secondary N) is 6. The SMILES string of the molecule is Cc1cnc(Nc2ccc(OCCCNCC(=O)NCc3ccc(COc4cccc5c4CN(C(=O)[C@H]4CCC(=O)NC4=O)C5)cc3)cc2)nc1Nc1cccc(S(=O)(=O)NC(C)(C)C)c1. The molecule has 66 heavy (non-hydrogen) atoms. The fourth-order valence-electron chi connectivity index (χ4n) is 7.33. The Kier molecular flexibility index (Phi) is 14.9. The van der Waals surface area contributed by atoms with E-state index in [1.165, 1.54) is 0 Å². The number of rotatable bonds is 19. The van der Waals surface area contributed by atoms with Crippen LogP contribution >= 0.6 is 0 Å². The monoisotopic (exact) mass is 917 g/mol. The third kappa shape index (κ3) is 12.9. The Balaban J connectivity index is 0.773. The van der Waals surface area contributed by atoms with E-state index in [1.54, 1.807) is 56.1 Å². The van der Waals surface area contributed by atoms with Crippen molar-refractivity contribution in [1.82, 2.24) is 35.5 Å². The first kappa shape index (κ1) is 47.1. The fourth-order valence-corrected chi connectivity index (χ4v) is 8.79. The van der Waals surface area contributed by atoms with E-state index in [-0.39, 0.29) is 42.0 Å². The van der Waals surface area contributed by atoms with Gasteiger partial charge >= 0.3 is 0 Å². The minimum atomic E-state index is -3.71. The minimum absolute atomic E-state index is 0.122. The molecule has 18 heteroatoms. The van der Waals surface area contributed by atoms with Crippen molar-refractivity contribution >= 4 is 56.8 Å². The fraction of sp³-hybridized carbons (Fsp3) is 0.333. The van der Waals surface area contributed by atoms with Crippen molar-refractivity contribution in [3.63, 3.8) is 0 Å². The molecule has 2 aliphatic heterocycles. The number of carbonyl (C=O) groups excluding carboxylic acids is 4. The Morgan fingerprint density at radius 1 is 0.894 bits per heavy atom. The van der Waals surface area contributed by atoms with Gasteiger partial charge in [-0.15, -0.1) is 0 Å². The average Bonchev–Trinajstić information content (AvgIpc) is 3.73. The van der Waals surface area contributed by atoms with Crippen LogP contribution in [0.2, 0.25) is 0 Å². The molecule has 1 aromatic heterocycles. The summed E-state index contributed by atoms with van der Waals surface area (Å²) in [5, 5.41) is 14.8. The third-order valence-electron chi connectivity index (χ3n) is 10.7. The van der Waals surface area contributed by atoms with Crippen molar-refractivity contribution in [2.24, 2.45) is 5.92 Å². The van der Waals surface area contributed by atoms with Crippen molar-refractivity contribution in [1.29, 1.82) is 0 Å². The lowest BCUT2D eigenvalue weighted by atomic mass is 9.97. The molecular weight excluding hydrogens is 863 g/mol. The predicted molar refractivity (Wildman–Crippen MR) is 248 cm³/mol. The first-order chi connectivity index (χ1) is 31.6. The number of imide groups is 1. The largest absolute Gasteiger partial charge is 0.494 e. The molecule has 1 fully saturated rings. The van der Waals surface area contributed by atoms with Crippen LogP contribution in [0.15, 0.2) is 102 Å². The Bertz CT molecular complexity index is 2670. The van der Waals surface area contributed by atoms with Gasteiger partial charge in [-0.1, -0.05) is 42.5 Å². The van der Waals surface area contributed by atoms with Crippen LogP contribution in [0.4, 0.5) is 23.1 Å². The molecular formula is C48H55N9O8S. The highest BCUT2D eigenvalue weighted by Gasteiger charge is 2.37. The zero-order valence-electron chi connectivity index (χ0n) is 37.4. The van der Waals surface area contributed by atoms with E-state index in [1.807, 2.05) is 73.7 Å². The molecule has 4 amide bonds. The number of aromatic nitrogens is 2. The van der Waals surface area contributed by atoms with Crippen LogP contribution < -0.4 is 40.8 Å². The molecule has 2 aliphatic rings. The van der Waals surface area contributed by atoms with Gasteiger partial charge in [0.05, 0.1) is 24.6 Å². The number of nitrogens with zero attached hydrogens (tertiary/aromatic N) is 3. The molecule has 0 unspecified atom stereocenters. The van der Waals surface area contributed by atoms with Crippen molar-refractivity contribution < 1.29 is 37.1 Å². The van der Waals surface area contributed by atoms with Gasteiger partial charge in [0.2, 0.25) is 39.6 Å². The summed E-state index contributed by atoms with van der Waals surface area (Å²) in [6.07, 6.45) is 2.75. The highest BCUT2D eigenvalue weighted by Crippen LogP contribution is 2.33. The highest BCUT2D eigenvalue weighted by atomic mass is 32.2. The van der Waals surface area contributed by atoms with Gasteiger partial charge in [-0.25, -0.2) is 18.1 Å². The number of piperidine rings is 1. The number of aryl methyl sites for hydroxylation is 1. The Morgan fingerprint density at radius 3 is 2.41 bits per heavy atom. The molecule has 4 aromatic carbocycles. The lowest BCUT2D eigenvalue weighted by Gasteiger charge is -2.25. The summed E-state index contributed by atoms with van der Waals surface area (Å²) in [4.78, 5) is 60.2. The molecule has 0 saturated carbocycles. The van der Waals surface area contributed by atoms with Crippen molar-refractivity contribution in [3.8, 4) is 11.5 Å². The molecule has 1 atom stereocenters. The van der Waals surface area contributed by atoms with E-state index < -0.39 is 27.4 Å². The summed E-state index contributed by atoms with van der Waals surface area (Å²) in [5.41, 5.74) is 5.24. The zero-order valence-corrected chi connectivity index (χ0v) is 38.2. The van der Waals surface area contributed by atoms with Crippen LogP contribution in [0.3, 0.4) is 0 Å². The summed E-state index contributed by atoms with van der Waals surface area (Å²) in [6, 6.07) is 27.4. The summed E-state index contributed by atoms with van der Waals surface area (Å²) in [5.74, 6) is 0.112. The summed E-state index contributed by atoms with van der Waals surface area (Å²) >= 11 is 0. The van der Waals surface area contributed by atoms with Crippen molar-refractivity contribution in [2.75, 3.05) is 30.3 Å². The van der Waals surface area contributed by atoms with Gasteiger partial charge in [0.15, 0.2) is 0 Å². The maximum atomic E-state index is 13.1. The number of ether oxygens (including phenoxy) is 2. The van der Waals surface area contributed by atoms with Crippen LogP contribution in [0, 0.1) is 12.8 Å². The number of hydrogen-bond acceptors (Lipinski definition) is 13. The molecule has 5 aromatic rings. The van der Waals surface area contributed by atoms with Gasteiger partial charge in [0.25, 0.3) is 0 Å².